The van der Waals surface area contributed by atoms with Crippen molar-refractivity contribution in [2.24, 2.45) is 17.8 Å². The minimum absolute atomic E-state index is 0.0711. The Labute approximate surface area is 162 Å². The standard InChI is InChI=1S/C22H32O5/c1-13(2)21-19(26-16(5)23)10-15(4)8-6-7-14(3)9-18(24)11-17-12-20(21)27-22(17)25/h8,12-14,19-21H,6-7,9-11H2,1-5H3/b15-8-/t14?,19-,20-,21-/m1/s1. The summed E-state index contributed by atoms with van der Waals surface area (Å²) >= 11 is 0. The Morgan fingerprint density at radius 3 is 2.59 bits per heavy atom. The lowest BCUT2D eigenvalue weighted by atomic mass is 9.82. The van der Waals surface area contributed by atoms with E-state index in [1.54, 1.807) is 6.08 Å². The van der Waals surface area contributed by atoms with Crippen LogP contribution in [0.15, 0.2) is 23.3 Å². The maximum Gasteiger partial charge on any atom is 0.334 e. The van der Waals surface area contributed by atoms with Crippen molar-refractivity contribution in [2.45, 2.75) is 78.9 Å². The van der Waals surface area contributed by atoms with Crippen molar-refractivity contribution < 1.29 is 23.9 Å². The van der Waals surface area contributed by atoms with Gasteiger partial charge in [-0.2, -0.15) is 0 Å². The van der Waals surface area contributed by atoms with E-state index in [4.69, 9.17) is 9.47 Å². The highest BCUT2D eigenvalue weighted by Crippen LogP contribution is 2.34. The molecule has 1 heterocycles. The molecule has 1 unspecified atom stereocenters. The second-order valence-corrected chi connectivity index (χ2v) is 8.39. The summed E-state index contributed by atoms with van der Waals surface area (Å²) in [6.45, 7) is 9.58. The zero-order chi connectivity index (χ0) is 20.1. The predicted molar refractivity (Wildman–Crippen MR) is 103 cm³/mol. The van der Waals surface area contributed by atoms with Gasteiger partial charge in [0.2, 0.25) is 0 Å². The number of carbonyl (C=O) groups excluding carboxylic acids is 3. The lowest BCUT2D eigenvalue weighted by Gasteiger charge is -2.33. The van der Waals surface area contributed by atoms with Crippen LogP contribution in [0.3, 0.4) is 0 Å². The number of fused-ring (bicyclic) bond motifs is 1. The minimum atomic E-state index is -0.474. The van der Waals surface area contributed by atoms with Crippen molar-refractivity contribution in [1.82, 2.24) is 0 Å². The Hall–Kier alpha value is -1.91. The molecule has 0 saturated carbocycles. The largest absolute Gasteiger partial charge is 0.462 e. The maximum absolute atomic E-state index is 12.4. The second-order valence-electron chi connectivity index (χ2n) is 8.39. The number of esters is 2. The van der Waals surface area contributed by atoms with Crippen LogP contribution in [-0.4, -0.2) is 29.9 Å². The maximum atomic E-state index is 12.4. The summed E-state index contributed by atoms with van der Waals surface area (Å²) in [4.78, 5) is 36.4. The predicted octanol–water partition coefficient (Wildman–Crippen LogP) is 4.16. The van der Waals surface area contributed by atoms with Crippen LogP contribution in [0, 0.1) is 17.8 Å². The van der Waals surface area contributed by atoms with E-state index in [1.165, 1.54) is 6.92 Å². The molecule has 2 bridgehead atoms. The highest BCUT2D eigenvalue weighted by atomic mass is 16.6. The third kappa shape index (κ3) is 6.05. The molecule has 0 aromatic heterocycles. The van der Waals surface area contributed by atoms with Crippen LogP contribution in [0.5, 0.6) is 0 Å². The molecule has 0 saturated heterocycles. The molecule has 1 aliphatic heterocycles. The second kappa shape index (κ2) is 9.34. The van der Waals surface area contributed by atoms with Crippen LogP contribution in [0.25, 0.3) is 0 Å². The van der Waals surface area contributed by atoms with E-state index in [2.05, 4.69) is 13.0 Å². The molecule has 0 spiro atoms. The van der Waals surface area contributed by atoms with Gasteiger partial charge in [0, 0.05) is 37.7 Å². The van der Waals surface area contributed by atoms with Crippen molar-refractivity contribution in [2.75, 3.05) is 0 Å². The van der Waals surface area contributed by atoms with E-state index in [0.717, 1.165) is 18.4 Å². The van der Waals surface area contributed by atoms with E-state index in [9.17, 15) is 14.4 Å². The van der Waals surface area contributed by atoms with Crippen LogP contribution in [0.1, 0.15) is 66.7 Å². The quantitative estimate of drug-likeness (QED) is 0.535. The fraction of sp³-hybridized carbons (Fsp3) is 0.682. The van der Waals surface area contributed by atoms with Crippen molar-refractivity contribution in [3.05, 3.63) is 23.3 Å². The average Bonchev–Trinajstić information content (AvgIpc) is 2.85. The number of hydrogen-bond donors (Lipinski definition) is 0. The fourth-order valence-corrected chi connectivity index (χ4v) is 4.10. The summed E-state index contributed by atoms with van der Waals surface area (Å²) in [5, 5.41) is 0. The molecule has 5 heteroatoms. The first kappa shape index (κ1) is 21.4. The van der Waals surface area contributed by atoms with E-state index >= 15 is 0 Å². The highest BCUT2D eigenvalue weighted by molar-refractivity contribution is 5.97. The lowest BCUT2D eigenvalue weighted by molar-refractivity contribution is -0.156. The molecule has 2 rings (SSSR count). The molecule has 5 nitrogen and oxygen atoms in total. The summed E-state index contributed by atoms with van der Waals surface area (Å²) < 4.78 is 11.3. The van der Waals surface area contributed by atoms with Gasteiger partial charge in [-0.05, 0) is 37.7 Å². The molecule has 0 aromatic rings. The van der Waals surface area contributed by atoms with Crippen LogP contribution >= 0.6 is 0 Å². The van der Waals surface area contributed by atoms with Crippen molar-refractivity contribution in [3.63, 3.8) is 0 Å². The number of carbonyl (C=O) groups is 3. The van der Waals surface area contributed by atoms with Gasteiger partial charge in [-0.3, -0.25) is 9.59 Å². The zero-order valence-corrected chi connectivity index (χ0v) is 17.1. The topological polar surface area (TPSA) is 69.7 Å². The molecule has 0 aromatic carbocycles. The molecular formula is C22H32O5. The lowest BCUT2D eigenvalue weighted by Crippen LogP contribution is -2.38. The average molecular weight is 376 g/mol. The summed E-state index contributed by atoms with van der Waals surface area (Å²) in [6, 6.07) is 0. The number of Topliss-reactive ketones (excluding diaryl/α,β-unsaturated/α-hetero) is 1. The van der Waals surface area contributed by atoms with E-state index in [1.807, 2.05) is 20.8 Å². The normalized spacial score (nSPS) is 32.2. The van der Waals surface area contributed by atoms with Gasteiger partial charge in [-0.1, -0.05) is 32.4 Å². The number of allylic oxidation sites excluding steroid dienone is 1. The SMILES string of the molecule is CC(=O)O[C@@H]1C/C(C)=C\CCC(C)CC(=O)CC2=C[C@@H](OC2=O)[C@@H]1C(C)C. The first-order valence-electron chi connectivity index (χ1n) is 9.93. The molecule has 0 N–H and O–H groups in total. The van der Waals surface area contributed by atoms with Gasteiger partial charge >= 0.3 is 11.9 Å². The highest BCUT2D eigenvalue weighted by Gasteiger charge is 2.40. The van der Waals surface area contributed by atoms with E-state index in [-0.39, 0.29) is 42.0 Å². The van der Waals surface area contributed by atoms with Crippen LogP contribution < -0.4 is 0 Å². The van der Waals surface area contributed by atoms with Crippen LogP contribution in [0.4, 0.5) is 0 Å². The van der Waals surface area contributed by atoms with Gasteiger partial charge in [0.05, 0.1) is 0 Å². The zero-order valence-electron chi connectivity index (χ0n) is 17.1. The van der Waals surface area contributed by atoms with Gasteiger partial charge in [-0.25, -0.2) is 4.79 Å². The summed E-state index contributed by atoms with van der Waals surface area (Å²) in [5.41, 5.74) is 1.59. The van der Waals surface area contributed by atoms with E-state index in [0.29, 0.717) is 18.4 Å². The molecular weight excluding hydrogens is 344 g/mol. The molecule has 2 aliphatic rings. The number of hydrogen-bond acceptors (Lipinski definition) is 5. The van der Waals surface area contributed by atoms with Crippen LogP contribution in [0.2, 0.25) is 0 Å². The molecule has 4 atom stereocenters. The van der Waals surface area contributed by atoms with Crippen molar-refractivity contribution in [1.29, 1.82) is 0 Å². The molecule has 27 heavy (non-hydrogen) atoms. The number of rotatable bonds is 2. The summed E-state index contributed by atoms with van der Waals surface area (Å²) in [6.07, 6.45) is 6.12. The summed E-state index contributed by atoms with van der Waals surface area (Å²) in [7, 11) is 0. The third-order valence-corrected chi connectivity index (χ3v) is 5.41. The Kier molecular flexibility index (Phi) is 7.40. The van der Waals surface area contributed by atoms with E-state index < -0.39 is 12.1 Å². The van der Waals surface area contributed by atoms with Gasteiger partial charge in [0.15, 0.2) is 0 Å². The monoisotopic (exact) mass is 376 g/mol. The minimum Gasteiger partial charge on any atom is -0.462 e. The molecule has 0 radical (unpaired) electrons. The number of ether oxygens (including phenoxy) is 2. The van der Waals surface area contributed by atoms with Crippen molar-refractivity contribution >= 4 is 17.7 Å². The van der Waals surface area contributed by atoms with Gasteiger partial charge < -0.3 is 9.47 Å². The van der Waals surface area contributed by atoms with Gasteiger partial charge in [0.25, 0.3) is 0 Å². The number of ketones is 1. The van der Waals surface area contributed by atoms with Crippen molar-refractivity contribution in [3.8, 4) is 0 Å². The molecule has 0 amide bonds. The molecule has 1 aliphatic carbocycles. The Balaban J connectivity index is 2.38. The van der Waals surface area contributed by atoms with Gasteiger partial charge in [0.1, 0.15) is 18.0 Å². The smallest absolute Gasteiger partial charge is 0.334 e. The third-order valence-electron chi connectivity index (χ3n) is 5.41. The first-order chi connectivity index (χ1) is 12.7. The Morgan fingerprint density at radius 1 is 1.26 bits per heavy atom. The first-order valence-corrected chi connectivity index (χ1v) is 9.93. The molecule has 0 fully saturated rings. The van der Waals surface area contributed by atoms with Crippen LogP contribution in [-0.2, 0) is 23.9 Å². The Bertz CT molecular complexity index is 643. The summed E-state index contributed by atoms with van der Waals surface area (Å²) in [5.74, 6) is -0.435. The Morgan fingerprint density at radius 2 is 1.96 bits per heavy atom. The fourth-order valence-electron chi connectivity index (χ4n) is 4.10. The molecule has 150 valence electrons. The van der Waals surface area contributed by atoms with Gasteiger partial charge in [-0.15, -0.1) is 0 Å².